The summed E-state index contributed by atoms with van der Waals surface area (Å²) in [6.45, 7) is 4.55. The zero-order valence-electron chi connectivity index (χ0n) is 23.4. The van der Waals surface area contributed by atoms with Crippen molar-refractivity contribution in [1.29, 1.82) is 0 Å². The smallest absolute Gasteiger partial charge is 0.440 e. The maximum absolute atomic E-state index is 12.7. The fraction of sp³-hybridized carbons (Fsp3) is 0.200. The number of nitrogens with zero attached hydrogens (tertiary/aromatic N) is 2. The van der Waals surface area contributed by atoms with E-state index in [0.717, 1.165) is 18.4 Å². The Bertz CT molecular complexity index is 1820. The topological polar surface area (TPSA) is 128 Å². The van der Waals surface area contributed by atoms with Gasteiger partial charge in [0.25, 0.3) is 0 Å². The lowest BCUT2D eigenvalue weighted by molar-refractivity contribution is -0.274. The predicted octanol–water partition coefficient (Wildman–Crippen LogP) is 7.17. The van der Waals surface area contributed by atoms with E-state index in [1.165, 1.54) is 44.3 Å². The van der Waals surface area contributed by atoms with Gasteiger partial charge in [-0.15, -0.1) is 13.2 Å². The van der Waals surface area contributed by atoms with Crippen molar-refractivity contribution in [2.75, 3.05) is 6.26 Å². The number of aliphatic imine (C=N–C) groups is 1. The molecule has 0 unspecified atom stereocenters. The molecule has 0 spiro atoms. The third-order valence-corrected chi connectivity index (χ3v) is 7.58. The number of halogens is 4. The van der Waals surface area contributed by atoms with E-state index in [0.29, 0.717) is 33.6 Å². The Morgan fingerprint density at radius 2 is 1.67 bits per heavy atom. The molecule has 13 heteroatoms. The van der Waals surface area contributed by atoms with Crippen LogP contribution in [0.15, 0.2) is 91.8 Å². The summed E-state index contributed by atoms with van der Waals surface area (Å²) in [5, 5.41) is 10.2. The Morgan fingerprint density at radius 1 is 1.05 bits per heavy atom. The molecule has 4 aromatic rings. The average Bonchev–Trinajstić information content (AvgIpc) is 3.31. The average molecular weight is 634 g/mol. The Hall–Kier alpha value is -4.13. The molecular weight excluding hydrogens is 607 g/mol. The third-order valence-electron chi connectivity index (χ3n) is 6.17. The fourth-order valence-corrected chi connectivity index (χ4v) is 4.97. The summed E-state index contributed by atoms with van der Waals surface area (Å²) in [5.41, 5.74) is 7.26. The minimum Gasteiger partial charge on any atom is -0.440 e. The van der Waals surface area contributed by atoms with Gasteiger partial charge in [-0.2, -0.15) is 0 Å². The highest BCUT2D eigenvalue weighted by Gasteiger charge is 2.31. The molecule has 1 aromatic heterocycles. The maximum atomic E-state index is 12.7. The lowest BCUT2D eigenvalue weighted by Gasteiger charge is -2.18. The van der Waals surface area contributed by atoms with Gasteiger partial charge in [0.15, 0.2) is 21.5 Å². The fourth-order valence-electron chi connectivity index (χ4n) is 4.02. The molecule has 4 rings (SSSR count). The normalized spacial score (nSPS) is 13.3. The van der Waals surface area contributed by atoms with E-state index in [9.17, 15) is 26.7 Å². The Balaban J connectivity index is 1.89. The first-order valence-electron chi connectivity index (χ1n) is 12.6. The molecule has 8 nitrogen and oxygen atoms in total. The van der Waals surface area contributed by atoms with Crippen LogP contribution in [0.25, 0.3) is 33.7 Å². The zero-order valence-corrected chi connectivity index (χ0v) is 25.0. The van der Waals surface area contributed by atoms with Crippen LogP contribution in [0.4, 0.5) is 18.9 Å². The van der Waals surface area contributed by atoms with Crippen LogP contribution < -0.4 is 10.5 Å². The van der Waals surface area contributed by atoms with Crippen LogP contribution in [0.3, 0.4) is 0 Å². The molecule has 0 amide bonds. The van der Waals surface area contributed by atoms with Gasteiger partial charge in [0.1, 0.15) is 11.4 Å². The highest BCUT2D eigenvalue weighted by atomic mass is 35.5. The van der Waals surface area contributed by atoms with Crippen molar-refractivity contribution >= 4 is 33.3 Å². The number of oxazole rings is 1. The van der Waals surface area contributed by atoms with Crippen LogP contribution >= 0.6 is 11.6 Å². The number of rotatable bonds is 8. The molecule has 3 N–H and O–H groups in total. The first-order chi connectivity index (χ1) is 19.9. The number of alkyl halides is 3. The highest BCUT2D eigenvalue weighted by molar-refractivity contribution is 7.90. The molecule has 0 aliphatic rings. The first kappa shape index (κ1) is 31.8. The van der Waals surface area contributed by atoms with Crippen LogP contribution in [0.1, 0.15) is 19.7 Å². The van der Waals surface area contributed by atoms with Crippen molar-refractivity contribution in [1.82, 2.24) is 4.98 Å². The first-order valence-corrected chi connectivity index (χ1v) is 14.9. The zero-order chi connectivity index (χ0) is 31.7. The van der Waals surface area contributed by atoms with E-state index in [1.54, 1.807) is 37.3 Å². The van der Waals surface area contributed by atoms with E-state index in [1.807, 2.05) is 0 Å². The Kier molecular flexibility index (Phi) is 8.77. The minimum absolute atomic E-state index is 0.00222. The van der Waals surface area contributed by atoms with Gasteiger partial charge in [-0.05, 0) is 73.5 Å². The molecule has 0 saturated carbocycles. The summed E-state index contributed by atoms with van der Waals surface area (Å²) in [4.78, 5) is 9.06. The molecule has 0 saturated heterocycles. The molecule has 0 aliphatic heterocycles. The van der Waals surface area contributed by atoms with E-state index < -0.39 is 27.6 Å². The van der Waals surface area contributed by atoms with Crippen LogP contribution in [0.2, 0.25) is 0 Å². The van der Waals surface area contributed by atoms with Gasteiger partial charge >= 0.3 is 6.36 Å². The summed E-state index contributed by atoms with van der Waals surface area (Å²) >= 11 is 6.30. The van der Waals surface area contributed by atoms with Gasteiger partial charge in [0, 0.05) is 30.5 Å². The number of aromatic nitrogens is 1. The second-order valence-electron chi connectivity index (χ2n) is 10.1. The lowest BCUT2D eigenvalue weighted by Crippen LogP contribution is -2.28. The number of nitrogens with two attached hydrogens (primary N) is 1. The summed E-state index contributed by atoms with van der Waals surface area (Å²) in [6.07, 6.45) is -2.46. The summed E-state index contributed by atoms with van der Waals surface area (Å²) in [7, 11) is -3.48. The van der Waals surface area contributed by atoms with E-state index in [-0.39, 0.29) is 27.3 Å². The van der Waals surface area contributed by atoms with Crippen LogP contribution in [-0.2, 0) is 9.84 Å². The summed E-state index contributed by atoms with van der Waals surface area (Å²) < 4.78 is 72.4. The molecule has 0 atom stereocenters. The number of hydrogen-bond acceptors (Lipinski definition) is 8. The lowest BCUT2D eigenvalue weighted by atomic mass is 9.98. The standard InChI is InChI=1S/C30H27ClF3N3O5S/c1-17-37-26(18-8-11-21(12-9-18)42-30(32,33)34)27(41-17)23-15-20(19-6-5-7-22(14-19)43(4,39)40)10-13-25(23)36-16-24(31)28(35)29(2,3)38/h5-16,38H,35H2,1-4H3. The van der Waals surface area contributed by atoms with Crippen molar-refractivity contribution in [2.45, 2.75) is 37.6 Å². The second-order valence-corrected chi connectivity index (χ2v) is 12.5. The van der Waals surface area contributed by atoms with E-state index in [2.05, 4.69) is 14.7 Å². The van der Waals surface area contributed by atoms with Gasteiger partial charge in [-0.3, -0.25) is 4.99 Å². The quantitative estimate of drug-likeness (QED) is 0.197. The van der Waals surface area contributed by atoms with Crippen LogP contribution in [0.5, 0.6) is 5.75 Å². The number of hydrogen-bond donors (Lipinski definition) is 2. The van der Waals surface area contributed by atoms with Crippen molar-refractivity contribution in [3.8, 4) is 39.5 Å². The van der Waals surface area contributed by atoms with Crippen LogP contribution in [0, 0.1) is 6.92 Å². The number of aryl methyl sites for hydroxylation is 1. The molecule has 226 valence electrons. The van der Waals surface area contributed by atoms with Gasteiger partial charge < -0.3 is 20.0 Å². The molecule has 0 fully saturated rings. The maximum Gasteiger partial charge on any atom is 0.573 e. The highest BCUT2D eigenvalue weighted by Crippen LogP contribution is 2.41. The molecule has 0 aliphatic carbocycles. The van der Waals surface area contributed by atoms with E-state index >= 15 is 0 Å². The summed E-state index contributed by atoms with van der Waals surface area (Å²) in [5.74, 6) is 0.108. The minimum atomic E-state index is -4.84. The summed E-state index contributed by atoms with van der Waals surface area (Å²) in [6, 6.07) is 16.6. The van der Waals surface area contributed by atoms with Crippen molar-refractivity contribution < 1.29 is 35.8 Å². The largest absolute Gasteiger partial charge is 0.573 e. The molecule has 0 radical (unpaired) electrons. The molecule has 1 heterocycles. The van der Waals surface area contributed by atoms with Gasteiger partial charge in [0.05, 0.1) is 26.9 Å². The van der Waals surface area contributed by atoms with Crippen molar-refractivity contribution in [2.24, 2.45) is 10.7 Å². The van der Waals surface area contributed by atoms with Gasteiger partial charge in [0.2, 0.25) is 0 Å². The number of aliphatic hydroxyl groups is 1. The number of sulfone groups is 1. The van der Waals surface area contributed by atoms with Gasteiger partial charge in [-0.1, -0.05) is 29.8 Å². The monoisotopic (exact) mass is 633 g/mol. The number of allylic oxidation sites excluding steroid dienone is 1. The molecule has 0 bridgehead atoms. The number of ether oxygens (including phenoxy) is 1. The molecular formula is C30H27ClF3N3O5S. The van der Waals surface area contributed by atoms with Gasteiger partial charge in [-0.25, -0.2) is 13.4 Å². The predicted molar refractivity (Wildman–Crippen MR) is 159 cm³/mol. The second kappa shape index (κ2) is 11.9. The van der Waals surface area contributed by atoms with Crippen molar-refractivity contribution in [3.63, 3.8) is 0 Å². The Labute approximate surface area is 251 Å². The number of benzene rings is 3. The Morgan fingerprint density at radius 3 is 2.28 bits per heavy atom. The van der Waals surface area contributed by atoms with Crippen LogP contribution in [-0.4, -0.2) is 42.9 Å². The van der Waals surface area contributed by atoms with E-state index in [4.69, 9.17) is 21.8 Å². The molecule has 3 aromatic carbocycles. The molecule has 43 heavy (non-hydrogen) atoms. The SMILES string of the molecule is Cc1nc(-c2ccc(OC(F)(F)F)cc2)c(-c2cc(-c3cccc(S(C)(=O)=O)c3)ccc2N=CC(Cl)=C(N)C(C)(C)O)o1. The third kappa shape index (κ3) is 7.83. The van der Waals surface area contributed by atoms with Crippen molar-refractivity contribution in [3.05, 3.63) is 83.4 Å².